The molecular formula is C23H20N8O. The molecule has 0 radical (unpaired) electrons. The fraction of sp³-hybridized carbons (Fsp3) is 0.217. The zero-order valence-electron chi connectivity index (χ0n) is 17.2. The number of rotatable bonds is 5. The van der Waals surface area contributed by atoms with Crippen molar-refractivity contribution in [2.75, 3.05) is 5.73 Å². The van der Waals surface area contributed by atoms with E-state index in [4.69, 9.17) is 11.0 Å². The molecule has 1 aliphatic carbocycles. The van der Waals surface area contributed by atoms with Crippen molar-refractivity contribution >= 4 is 5.95 Å². The number of benzene rings is 1. The van der Waals surface area contributed by atoms with Gasteiger partial charge in [-0.15, -0.1) is 5.10 Å². The van der Waals surface area contributed by atoms with Crippen molar-refractivity contribution in [1.82, 2.24) is 29.9 Å². The van der Waals surface area contributed by atoms with Gasteiger partial charge in [0.05, 0.1) is 47.1 Å². The number of hydrogen-bond acceptors (Lipinski definition) is 8. The minimum absolute atomic E-state index is 0.109. The second kappa shape index (κ2) is 7.83. The number of pyridine rings is 1. The summed E-state index contributed by atoms with van der Waals surface area (Å²) in [5, 5.41) is 28.2. The van der Waals surface area contributed by atoms with Crippen LogP contribution < -0.4 is 5.73 Å². The smallest absolute Gasteiger partial charge is 0.221 e. The van der Waals surface area contributed by atoms with Gasteiger partial charge in [0.25, 0.3) is 0 Å². The second-order valence-corrected chi connectivity index (χ2v) is 7.91. The second-order valence-electron chi connectivity index (χ2n) is 7.91. The monoisotopic (exact) mass is 424 g/mol. The molecule has 32 heavy (non-hydrogen) atoms. The molecule has 9 nitrogen and oxygen atoms in total. The molecule has 0 atom stereocenters. The van der Waals surface area contributed by atoms with E-state index in [-0.39, 0.29) is 5.95 Å². The highest BCUT2D eigenvalue weighted by atomic mass is 16.3. The van der Waals surface area contributed by atoms with E-state index in [1.54, 1.807) is 41.3 Å². The molecule has 0 aliphatic heterocycles. The van der Waals surface area contributed by atoms with Crippen molar-refractivity contribution in [1.29, 1.82) is 5.26 Å². The van der Waals surface area contributed by atoms with Crippen LogP contribution in [0.4, 0.5) is 5.95 Å². The van der Waals surface area contributed by atoms with Crippen LogP contribution in [-0.4, -0.2) is 35.1 Å². The van der Waals surface area contributed by atoms with Crippen LogP contribution in [0.3, 0.4) is 0 Å². The Balaban J connectivity index is 1.41. The molecule has 0 bridgehead atoms. The van der Waals surface area contributed by atoms with Crippen LogP contribution in [0.15, 0.2) is 54.9 Å². The Labute approximate surface area is 184 Å². The molecule has 1 aromatic carbocycles. The highest BCUT2D eigenvalue weighted by molar-refractivity contribution is 5.68. The molecule has 3 heterocycles. The molecule has 4 aromatic rings. The van der Waals surface area contributed by atoms with Crippen LogP contribution in [0.2, 0.25) is 0 Å². The van der Waals surface area contributed by atoms with Gasteiger partial charge >= 0.3 is 0 Å². The molecule has 3 aromatic heterocycles. The lowest BCUT2D eigenvalue weighted by Crippen LogP contribution is -2.33. The first-order valence-corrected chi connectivity index (χ1v) is 10.3. The first-order chi connectivity index (χ1) is 15.5. The molecule has 0 unspecified atom stereocenters. The summed E-state index contributed by atoms with van der Waals surface area (Å²) in [7, 11) is 0. The maximum absolute atomic E-state index is 10.6. The predicted octanol–water partition coefficient (Wildman–Crippen LogP) is 2.67. The maximum Gasteiger partial charge on any atom is 0.221 e. The number of nitrogen functional groups attached to an aromatic ring is 1. The van der Waals surface area contributed by atoms with Crippen LogP contribution in [-0.2, 0) is 12.1 Å². The summed E-state index contributed by atoms with van der Waals surface area (Å²) in [4.78, 5) is 13.0. The van der Waals surface area contributed by atoms with Gasteiger partial charge in [-0.2, -0.15) is 5.26 Å². The van der Waals surface area contributed by atoms with E-state index >= 15 is 0 Å². The molecule has 9 heteroatoms. The van der Waals surface area contributed by atoms with E-state index in [1.807, 2.05) is 18.2 Å². The highest BCUT2D eigenvalue weighted by Crippen LogP contribution is 2.40. The Morgan fingerprint density at radius 2 is 1.94 bits per heavy atom. The zero-order chi connectivity index (χ0) is 22.1. The van der Waals surface area contributed by atoms with Crippen LogP contribution in [0, 0.1) is 11.3 Å². The normalized spacial score (nSPS) is 14.5. The number of aromatic nitrogens is 6. The van der Waals surface area contributed by atoms with Gasteiger partial charge in [-0.3, -0.25) is 4.98 Å². The van der Waals surface area contributed by atoms with Crippen LogP contribution >= 0.6 is 0 Å². The lowest BCUT2D eigenvalue weighted by molar-refractivity contribution is -0.0389. The number of nitrogens with zero attached hydrogens (tertiary/aromatic N) is 7. The highest BCUT2D eigenvalue weighted by Gasteiger charge is 2.36. The summed E-state index contributed by atoms with van der Waals surface area (Å²) in [5.41, 5.74) is 9.86. The molecule has 5 rings (SSSR count). The molecule has 0 amide bonds. The summed E-state index contributed by atoms with van der Waals surface area (Å²) in [5.74, 6) is 0.109. The molecule has 0 saturated heterocycles. The minimum Gasteiger partial charge on any atom is -0.385 e. The average Bonchev–Trinajstić information content (AvgIpc) is 3.26. The first-order valence-electron chi connectivity index (χ1n) is 10.3. The van der Waals surface area contributed by atoms with Gasteiger partial charge in [0.15, 0.2) is 0 Å². The Bertz CT molecular complexity index is 1340. The summed E-state index contributed by atoms with van der Waals surface area (Å²) >= 11 is 0. The largest absolute Gasteiger partial charge is 0.385 e. The Morgan fingerprint density at radius 3 is 2.72 bits per heavy atom. The van der Waals surface area contributed by atoms with Crippen LogP contribution in [0.5, 0.6) is 0 Å². The average molecular weight is 424 g/mol. The summed E-state index contributed by atoms with van der Waals surface area (Å²) in [6.07, 6.45) is 6.07. The molecule has 0 spiro atoms. The van der Waals surface area contributed by atoms with Crippen LogP contribution in [0.1, 0.15) is 36.1 Å². The summed E-state index contributed by atoms with van der Waals surface area (Å²) < 4.78 is 1.67. The van der Waals surface area contributed by atoms with Gasteiger partial charge in [0, 0.05) is 11.8 Å². The molecule has 1 aliphatic rings. The van der Waals surface area contributed by atoms with E-state index in [0.29, 0.717) is 29.2 Å². The standard InChI is InChI=1S/C23H20N8O/c24-12-15-3-1-4-16(9-15)19-11-20(28-22(25)27-19)21-14-31(30-29-21)13-18-10-17(5-8-26-18)23(32)6-2-7-23/h1,3-5,8-11,14,32H,2,6-7,13H2,(H2,25,27,28). The molecule has 1 saturated carbocycles. The fourth-order valence-corrected chi connectivity index (χ4v) is 3.81. The number of hydrogen-bond donors (Lipinski definition) is 2. The predicted molar refractivity (Wildman–Crippen MR) is 117 cm³/mol. The minimum atomic E-state index is -0.733. The van der Waals surface area contributed by atoms with E-state index in [0.717, 1.165) is 36.1 Å². The van der Waals surface area contributed by atoms with Gasteiger partial charge in [-0.05, 0) is 55.2 Å². The van der Waals surface area contributed by atoms with Crippen molar-refractivity contribution < 1.29 is 5.11 Å². The van der Waals surface area contributed by atoms with Crippen molar-refractivity contribution in [3.63, 3.8) is 0 Å². The van der Waals surface area contributed by atoms with Crippen molar-refractivity contribution in [3.8, 4) is 28.7 Å². The number of nitriles is 1. The third-order valence-corrected chi connectivity index (χ3v) is 5.69. The van der Waals surface area contributed by atoms with Gasteiger partial charge in [-0.25, -0.2) is 14.6 Å². The summed E-state index contributed by atoms with van der Waals surface area (Å²) in [6, 6.07) is 14.8. The maximum atomic E-state index is 10.6. The van der Waals surface area contributed by atoms with E-state index in [2.05, 4.69) is 31.3 Å². The molecule has 1 fully saturated rings. The Kier molecular flexibility index (Phi) is 4.84. The van der Waals surface area contributed by atoms with Crippen LogP contribution in [0.25, 0.3) is 22.6 Å². The van der Waals surface area contributed by atoms with E-state index in [1.165, 1.54) is 0 Å². The van der Waals surface area contributed by atoms with E-state index in [9.17, 15) is 5.11 Å². The molecule has 3 N–H and O–H groups in total. The lowest BCUT2D eigenvalue weighted by Gasteiger charge is -2.37. The van der Waals surface area contributed by atoms with Gasteiger partial charge in [0.2, 0.25) is 5.95 Å². The fourth-order valence-electron chi connectivity index (χ4n) is 3.81. The number of aliphatic hydroxyl groups is 1. The molecule has 158 valence electrons. The number of nitrogens with two attached hydrogens (primary N) is 1. The zero-order valence-corrected chi connectivity index (χ0v) is 17.2. The number of anilines is 1. The van der Waals surface area contributed by atoms with Gasteiger partial charge in [0.1, 0.15) is 5.69 Å². The van der Waals surface area contributed by atoms with Gasteiger partial charge < -0.3 is 10.8 Å². The van der Waals surface area contributed by atoms with E-state index < -0.39 is 5.60 Å². The van der Waals surface area contributed by atoms with Crippen molar-refractivity contribution in [2.45, 2.75) is 31.4 Å². The third-order valence-electron chi connectivity index (χ3n) is 5.69. The first kappa shape index (κ1) is 19.8. The Hall–Kier alpha value is -4.16. The topological polar surface area (TPSA) is 139 Å². The Morgan fingerprint density at radius 1 is 1.09 bits per heavy atom. The lowest BCUT2D eigenvalue weighted by atomic mass is 9.75. The van der Waals surface area contributed by atoms with Crippen molar-refractivity contribution in [3.05, 3.63) is 71.7 Å². The third kappa shape index (κ3) is 3.79. The molecular weight excluding hydrogens is 404 g/mol. The quantitative estimate of drug-likeness (QED) is 0.498. The summed E-state index contributed by atoms with van der Waals surface area (Å²) in [6.45, 7) is 0.411. The van der Waals surface area contributed by atoms with Crippen molar-refractivity contribution in [2.24, 2.45) is 0 Å². The van der Waals surface area contributed by atoms with Gasteiger partial charge in [-0.1, -0.05) is 17.3 Å². The SMILES string of the molecule is N#Cc1cccc(-c2cc(-c3cn(Cc4cc(C5(O)CCC5)ccn4)nn3)nc(N)n2)c1.